The van der Waals surface area contributed by atoms with Gasteiger partial charge in [0.25, 0.3) is 0 Å². The van der Waals surface area contributed by atoms with Gasteiger partial charge in [-0.25, -0.2) is 9.59 Å². The molecule has 0 spiro atoms. The van der Waals surface area contributed by atoms with Crippen molar-refractivity contribution in [3.8, 4) is 11.5 Å². The molecule has 2 aromatic rings. The summed E-state index contributed by atoms with van der Waals surface area (Å²) in [5.41, 5.74) is 0.353. The van der Waals surface area contributed by atoms with Gasteiger partial charge in [0.1, 0.15) is 35.4 Å². The zero-order valence-electron chi connectivity index (χ0n) is 18.9. The van der Waals surface area contributed by atoms with Crippen molar-refractivity contribution in [3.05, 3.63) is 77.4 Å². The van der Waals surface area contributed by atoms with Crippen molar-refractivity contribution in [2.24, 2.45) is 5.92 Å². The third-order valence-electron chi connectivity index (χ3n) is 5.63. The summed E-state index contributed by atoms with van der Waals surface area (Å²) >= 11 is 0. The summed E-state index contributed by atoms with van der Waals surface area (Å²) in [6.45, 7) is 3.42. The van der Waals surface area contributed by atoms with E-state index in [0.29, 0.717) is 5.56 Å². The minimum atomic E-state index is -1.45. The van der Waals surface area contributed by atoms with Crippen LogP contribution < -0.4 is 0 Å². The molecule has 5 atom stereocenters. The first-order chi connectivity index (χ1) is 16.2. The lowest BCUT2D eigenvalue weighted by molar-refractivity contribution is -0.0521. The smallest absolute Gasteiger partial charge is 0.342 e. The van der Waals surface area contributed by atoms with Crippen LogP contribution in [0.15, 0.2) is 60.7 Å². The highest BCUT2D eigenvalue weighted by molar-refractivity contribution is 5.97. The van der Waals surface area contributed by atoms with Crippen molar-refractivity contribution in [2.45, 2.75) is 44.7 Å². The Morgan fingerprint density at radius 3 is 2.47 bits per heavy atom. The molecular weight excluding hydrogens is 440 g/mol. The Labute approximate surface area is 197 Å². The van der Waals surface area contributed by atoms with E-state index < -0.39 is 42.1 Å². The summed E-state index contributed by atoms with van der Waals surface area (Å²) in [6.07, 6.45) is 1.34. The number of benzene rings is 2. The number of carbonyl (C=O) groups excluding carboxylic acids is 2. The zero-order valence-corrected chi connectivity index (χ0v) is 18.9. The Kier molecular flexibility index (Phi) is 8.09. The van der Waals surface area contributed by atoms with Crippen LogP contribution in [0.1, 0.15) is 46.5 Å². The van der Waals surface area contributed by atoms with E-state index in [4.69, 9.17) is 9.47 Å². The number of hydrogen-bond acceptors (Lipinski definition) is 8. The van der Waals surface area contributed by atoms with Gasteiger partial charge in [0.05, 0.1) is 11.7 Å². The van der Waals surface area contributed by atoms with Gasteiger partial charge in [-0.15, -0.1) is 0 Å². The summed E-state index contributed by atoms with van der Waals surface area (Å²) in [7, 11) is 0. The van der Waals surface area contributed by atoms with Gasteiger partial charge >= 0.3 is 11.9 Å². The minimum Gasteiger partial charge on any atom is -0.508 e. The number of cyclic esters (lactones) is 1. The normalized spacial score (nSPS) is 27.5. The van der Waals surface area contributed by atoms with Gasteiger partial charge in [0.15, 0.2) is 0 Å². The van der Waals surface area contributed by atoms with Crippen molar-refractivity contribution in [1.29, 1.82) is 0 Å². The third kappa shape index (κ3) is 6.03. The Hall–Kier alpha value is -3.62. The van der Waals surface area contributed by atoms with Gasteiger partial charge in [-0.3, -0.25) is 0 Å². The number of aliphatic hydroxyl groups excluding tert-OH is 2. The monoisotopic (exact) mass is 468 g/mol. The van der Waals surface area contributed by atoms with Crippen LogP contribution in [-0.2, 0) is 9.47 Å². The molecular formula is C26H28O8. The van der Waals surface area contributed by atoms with Gasteiger partial charge in [0, 0.05) is 12.0 Å². The molecule has 180 valence electrons. The van der Waals surface area contributed by atoms with Gasteiger partial charge in [-0.1, -0.05) is 43.4 Å². The lowest BCUT2D eigenvalue weighted by Crippen LogP contribution is -2.39. The molecule has 3 rings (SSSR count). The molecule has 3 unspecified atom stereocenters. The molecule has 8 heteroatoms. The Balaban J connectivity index is 1.93. The van der Waals surface area contributed by atoms with E-state index in [1.807, 2.05) is 0 Å². The number of rotatable bonds is 2. The molecule has 0 amide bonds. The summed E-state index contributed by atoms with van der Waals surface area (Å²) in [5.74, 6) is -2.51. The van der Waals surface area contributed by atoms with Crippen molar-refractivity contribution in [3.63, 3.8) is 0 Å². The average Bonchev–Trinajstić information content (AvgIpc) is 2.80. The van der Waals surface area contributed by atoms with Gasteiger partial charge in [-0.05, 0) is 43.2 Å². The summed E-state index contributed by atoms with van der Waals surface area (Å²) in [5, 5.41) is 41.4. The minimum absolute atomic E-state index is 0.0642. The zero-order chi connectivity index (χ0) is 24.8. The fraction of sp³-hybridized carbons (Fsp3) is 0.308. The van der Waals surface area contributed by atoms with E-state index in [0.717, 1.165) is 6.07 Å². The van der Waals surface area contributed by atoms with Crippen molar-refractivity contribution in [1.82, 2.24) is 0 Å². The number of fused-ring (bicyclic) bond motifs is 1. The van der Waals surface area contributed by atoms with E-state index in [1.54, 1.807) is 50.3 Å². The lowest BCUT2D eigenvalue weighted by Gasteiger charge is -2.25. The predicted octanol–water partition coefficient (Wildman–Crippen LogP) is 3.20. The molecule has 0 fully saturated rings. The van der Waals surface area contributed by atoms with E-state index >= 15 is 0 Å². The molecule has 1 aliphatic rings. The van der Waals surface area contributed by atoms with Crippen LogP contribution in [0.3, 0.4) is 0 Å². The van der Waals surface area contributed by atoms with Crippen LogP contribution in [0.5, 0.6) is 11.5 Å². The number of phenols is 2. The maximum absolute atomic E-state index is 12.8. The molecule has 8 nitrogen and oxygen atoms in total. The number of hydrogen-bond donors (Lipinski definition) is 4. The first kappa shape index (κ1) is 25.0. The molecule has 0 aliphatic carbocycles. The molecule has 0 bridgehead atoms. The number of esters is 2. The van der Waals surface area contributed by atoms with Crippen LogP contribution in [0.4, 0.5) is 0 Å². The second-order valence-electron chi connectivity index (χ2n) is 8.22. The molecule has 0 aromatic heterocycles. The molecule has 34 heavy (non-hydrogen) atoms. The van der Waals surface area contributed by atoms with Crippen molar-refractivity contribution >= 4 is 18.0 Å². The molecule has 0 saturated heterocycles. The second kappa shape index (κ2) is 11.0. The number of carbonyl (C=O) groups is 2. The first-order valence-corrected chi connectivity index (χ1v) is 10.9. The van der Waals surface area contributed by atoms with Crippen LogP contribution in [-0.4, -0.2) is 56.8 Å². The molecule has 0 saturated carbocycles. The van der Waals surface area contributed by atoms with Crippen LogP contribution in [0.25, 0.3) is 6.08 Å². The molecule has 0 radical (unpaired) electrons. The van der Waals surface area contributed by atoms with E-state index in [9.17, 15) is 30.0 Å². The summed E-state index contributed by atoms with van der Waals surface area (Å²) < 4.78 is 11.0. The predicted molar refractivity (Wildman–Crippen MR) is 124 cm³/mol. The Morgan fingerprint density at radius 2 is 1.76 bits per heavy atom. The van der Waals surface area contributed by atoms with E-state index in [1.165, 1.54) is 24.3 Å². The highest BCUT2D eigenvalue weighted by Gasteiger charge is 2.29. The molecule has 1 heterocycles. The van der Waals surface area contributed by atoms with Crippen molar-refractivity contribution < 1.29 is 39.5 Å². The van der Waals surface area contributed by atoms with E-state index in [2.05, 4.69) is 0 Å². The highest BCUT2D eigenvalue weighted by Crippen LogP contribution is 2.30. The van der Waals surface area contributed by atoms with E-state index in [-0.39, 0.29) is 29.2 Å². The molecule has 1 aliphatic heterocycles. The van der Waals surface area contributed by atoms with Crippen LogP contribution in [0.2, 0.25) is 0 Å². The first-order valence-electron chi connectivity index (χ1n) is 10.9. The van der Waals surface area contributed by atoms with Crippen molar-refractivity contribution in [2.75, 3.05) is 0 Å². The summed E-state index contributed by atoms with van der Waals surface area (Å²) in [4.78, 5) is 25.3. The standard InChI is InChI=1S/C26H28O8/c1-15-11-12-22(34-25(31)17-7-4-3-5-8-17)24(30)20(28)10-6-9-18-13-19(27)14-21(29)23(18)26(32)33-16(15)2/h3-9,11-16,20,22,24,27-30H,10H2,1-2H3/b9-6+,12-11-/t15-,16?,20?,22-,24?/m1/s1. The Morgan fingerprint density at radius 1 is 1.06 bits per heavy atom. The maximum atomic E-state index is 12.8. The SMILES string of the molecule is CC1OC(=O)c2c(O)cc(O)cc2/C=C/CC(O)C(O)[C@H](OC(=O)c2ccccc2)/C=C\[C@H]1C. The van der Waals surface area contributed by atoms with Gasteiger partial charge in [0.2, 0.25) is 0 Å². The van der Waals surface area contributed by atoms with Crippen LogP contribution >= 0.6 is 0 Å². The molecule has 2 aromatic carbocycles. The fourth-order valence-corrected chi connectivity index (χ4v) is 3.45. The lowest BCUT2D eigenvalue weighted by atomic mass is 9.98. The van der Waals surface area contributed by atoms with Gasteiger partial charge in [-0.2, -0.15) is 0 Å². The van der Waals surface area contributed by atoms with Crippen LogP contribution in [0, 0.1) is 5.92 Å². The summed E-state index contributed by atoms with van der Waals surface area (Å²) in [6, 6.07) is 10.6. The fourth-order valence-electron chi connectivity index (χ4n) is 3.45. The number of ether oxygens (including phenoxy) is 2. The highest BCUT2D eigenvalue weighted by atomic mass is 16.6. The Bertz CT molecular complexity index is 1080. The third-order valence-corrected chi connectivity index (χ3v) is 5.63. The number of phenolic OH excluding ortho intramolecular Hbond substituents is 2. The number of aliphatic hydroxyl groups is 2. The molecule has 4 N–H and O–H groups in total. The largest absolute Gasteiger partial charge is 0.508 e. The maximum Gasteiger partial charge on any atom is 0.342 e. The average molecular weight is 469 g/mol. The van der Waals surface area contributed by atoms with Gasteiger partial charge < -0.3 is 29.9 Å². The second-order valence-corrected chi connectivity index (χ2v) is 8.22. The topological polar surface area (TPSA) is 134 Å². The number of aromatic hydroxyl groups is 2. The quantitative estimate of drug-likeness (QED) is 0.390.